The lowest BCUT2D eigenvalue weighted by Crippen LogP contribution is -2.14. The van der Waals surface area contributed by atoms with Crippen molar-refractivity contribution in [1.82, 2.24) is 33.2 Å². The lowest BCUT2D eigenvalue weighted by molar-refractivity contribution is 0.847. The van der Waals surface area contributed by atoms with E-state index in [-0.39, 0.29) is 5.92 Å². The van der Waals surface area contributed by atoms with Gasteiger partial charge in [-0.05, 0) is 148 Å². The average Bonchev–Trinajstić information content (AvgIpc) is 1.58. The summed E-state index contributed by atoms with van der Waals surface area (Å²) in [5, 5.41) is 8.89. The Bertz CT molecular complexity index is 5820. The van der Waals surface area contributed by atoms with Crippen LogP contribution in [0.5, 0.6) is 0 Å². The van der Waals surface area contributed by atoms with Crippen molar-refractivity contribution < 1.29 is 0 Å². The van der Waals surface area contributed by atoms with Crippen LogP contribution in [0, 0.1) is 0 Å². The molecule has 0 saturated heterocycles. The van der Waals surface area contributed by atoms with Crippen molar-refractivity contribution in [2.24, 2.45) is 0 Å². The van der Waals surface area contributed by atoms with Crippen LogP contribution >= 0.6 is 0 Å². The molecule has 0 bridgehead atoms. The van der Waals surface area contributed by atoms with Crippen LogP contribution in [0.3, 0.4) is 0 Å². The van der Waals surface area contributed by atoms with Crippen molar-refractivity contribution in [3.8, 4) is 45.8 Å². The van der Waals surface area contributed by atoms with E-state index in [1.807, 2.05) is 0 Å². The van der Waals surface area contributed by atoms with Crippen LogP contribution in [0.1, 0.15) is 29.0 Å². The Labute approximate surface area is 547 Å². The van der Waals surface area contributed by atoms with Gasteiger partial charge in [0.05, 0.1) is 49.8 Å². The maximum absolute atomic E-state index is 5.80. The van der Waals surface area contributed by atoms with Gasteiger partial charge in [0.15, 0.2) is 0 Å². The number of hydrogen-bond acceptors (Lipinski definition) is 4. The molecule has 0 N–H and O–H groups in total. The molecule has 1 atom stereocenters. The fourth-order valence-corrected chi connectivity index (χ4v) is 15.0. The first-order chi connectivity index (χ1) is 47.0. The molecule has 6 heterocycles. The van der Waals surface area contributed by atoms with E-state index < -0.39 is 0 Å². The average molecular weight is 1220 g/mol. The summed E-state index contributed by atoms with van der Waals surface area (Å²) in [7, 11) is 0. The number of benzene rings is 12. The molecule has 95 heavy (non-hydrogen) atoms. The first kappa shape index (κ1) is 54.1. The highest BCUT2D eigenvalue weighted by molar-refractivity contribution is 6.15. The Hall–Kier alpha value is -12.7. The predicted octanol–water partition coefficient (Wildman–Crippen LogP) is 22.0. The largest absolute Gasteiger partial charge is 0.316 e. The summed E-state index contributed by atoms with van der Waals surface area (Å²) in [6, 6.07) is 101. The quantitative estimate of drug-likeness (QED) is 0.144. The van der Waals surface area contributed by atoms with Gasteiger partial charge in [-0.1, -0.05) is 225 Å². The molecule has 17 aromatic rings. The van der Waals surface area contributed by atoms with E-state index in [2.05, 4.69) is 345 Å². The predicted molar refractivity (Wildman–Crippen MR) is 395 cm³/mol. The highest BCUT2D eigenvalue weighted by atomic mass is 15.3. The third kappa shape index (κ3) is 8.79. The zero-order valence-electron chi connectivity index (χ0n) is 51.7. The highest BCUT2D eigenvalue weighted by Gasteiger charge is 2.27. The Morgan fingerprint density at radius 2 is 0.779 bits per heavy atom. The maximum Gasteiger partial charge on any atom is 0.241 e. The van der Waals surface area contributed by atoms with Crippen molar-refractivity contribution >= 4 is 110 Å². The lowest BCUT2D eigenvalue weighted by atomic mass is 9.88. The van der Waals surface area contributed by atoms with Crippen LogP contribution in [-0.4, -0.2) is 33.2 Å². The van der Waals surface area contributed by atoms with E-state index in [1.165, 1.54) is 27.5 Å². The monoisotopic (exact) mass is 1210 g/mol. The van der Waals surface area contributed by atoms with Gasteiger partial charge in [-0.25, -0.2) is 0 Å². The number of anilines is 2. The Balaban J connectivity index is 0.906. The second kappa shape index (κ2) is 21.8. The summed E-state index contributed by atoms with van der Waals surface area (Å²) in [4.78, 5) is 19.6. The normalized spacial score (nSPS) is 15.0. The molecule has 446 valence electrons. The molecule has 2 aliphatic rings. The van der Waals surface area contributed by atoms with Gasteiger partial charge in [0.1, 0.15) is 0 Å². The summed E-state index contributed by atoms with van der Waals surface area (Å²) >= 11 is 0. The van der Waals surface area contributed by atoms with Gasteiger partial charge in [0, 0.05) is 72.1 Å². The van der Waals surface area contributed by atoms with Crippen LogP contribution in [0.4, 0.5) is 11.4 Å². The summed E-state index contributed by atoms with van der Waals surface area (Å²) in [5.74, 6) is 1.71. The molecule has 1 unspecified atom stereocenters. The molecule has 0 fully saturated rings. The summed E-state index contributed by atoms with van der Waals surface area (Å²) in [6.45, 7) is 4.82. The zero-order chi connectivity index (χ0) is 62.7. The van der Waals surface area contributed by atoms with Crippen molar-refractivity contribution in [2.45, 2.75) is 12.3 Å². The van der Waals surface area contributed by atoms with E-state index in [1.54, 1.807) is 0 Å². The van der Waals surface area contributed by atoms with Gasteiger partial charge in [0.25, 0.3) is 0 Å². The van der Waals surface area contributed by atoms with E-state index >= 15 is 0 Å². The molecular weight excluding hydrogens is 1160 g/mol. The second-order valence-corrected chi connectivity index (χ2v) is 24.9. The summed E-state index contributed by atoms with van der Waals surface area (Å²) < 4.78 is 9.15. The minimum Gasteiger partial charge on any atom is -0.316 e. The third-order valence-corrected chi connectivity index (χ3v) is 19.5. The number of aromatic nitrogens is 7. The minimum atomic E-state index is 0.253. The molecule has 19 rings (SSSR count). The highest BCUT2D eigenvalue weighted by Crippen LogP contribution is 2.45. The number of hydrogen-bond donors (Lipinski definition) is 0. The van der Waals surface area contributed by atoms with E-state index in [0.29, 0.717) is 17.8 Å². The molecule has 8 nitrogen and oxygen atoms in total. The molecule has 5 aromatic heterocycles. The number of allylic oxidation sites excluding steroid dienone is 8. The number of nitrogens with zero attached hydrogens (tertiary/aromatic N) is 8. The Kier molecular flexibility index (Phi) is 12.4. The van der Waals surface area contributed by atoms with E-state index in [9.17, 15) is 0 Å². The van der Waals surface area contributed by atoms with E-state index in [0.717, 1.165) is 133 Å². The molecule has 0 spiro atoms. The van der Waals surface area contributed by atoms with Crippen molar-refractivity contribution in [1.29, 1.82) is 0 Å². The number of para-hydroxylation sites is 4. The third-order valence-electron chi connectivity index (χ3n) is 19.5. The minimum absolute atomic E-state index is 0.253. The van der Waals surface area contributed by atoms with Crippen LogP contribution in [0.2, 0.25) is 0 Å². The van der Waals surface area contributed by atoms with Gasteiger partial charge in [-0.2, -0.15) is 15.0 Å². The summed E-state index contributed by atoms with van der Waals surface area (Å²) in [5.41, 5.74) is 21.1. The molecule has 8 heteroatoms. The SMILES string of the molecule is C=C1/C=C(c2ccccc2)\C=C/N(c2ccc3c4ccc(-n5c6ccc(-c7ccccc7)cc6c6cc(-c7ccccc7)ccc65)cc4n(-c4nc(-n5c6ccccc6c6ccccc65)nc(-n5c6ccccc6c6ccccc65)n4)c3c2)c2ccc(C3C=CC=CC3)cc21. The molecule has 1 aliphatic heterocycles. The fraction of sp³-hybridized carbons (Fsp3) is 0.0230. The standard InChI is InChI=1S/C87H58N8/c1-56-50-64(60-28-12-5-13-29-60)48-49-91(76-45-38-61(51-73(56)76)57-22-6-2-7-23-57)65-41-43-71-72-44-42-66(92-81-46-39-62(58-24-8-3-9-25-58)52-74(81)75-53-63(40-47-82(75)92)59-26-10-4-11-27-59)55-84(72)95(83(71)54-65)87-89-85(93-77-34-18-14-30-67(77)68-31-15-19-35-78(68)93)88-86(90-87)94-79-36-20-16-32-69(79)70-33-17-21-37-80(70)94/h2-22,24-55,57H,1,23H2/b49-48-,64-50+. The Morgan fingerprint density at radius 1 is 0.337 bits per heavy atom. The first-order valence-electron chi connectivity index (χ1n) is 32.5. The first-order valence-corrected chi connectivity index (χ1v) is 32.5. The van der Waals surface area contributed by atoms with Crippen LogP contribution in [0.15, 0.2) is 328 Å². The molecule has 0 saturated carbocycles. The van der Waals surface area contributed by atoms with Gasteiger partial charge in [-0.3, -0.25) is 13.7 Å². The lowest BCUT2D eigenvalue weighted by Gasteiger charge is -2.27. The van der Waals surface area contributed by atoms with Crippen LogP contribution in [-0.2, 0) is 0 Å². The van der Waals surface area contributed by atoms with Gasteiger partial charge in [-0.15, -0.1) is 0 Å². The van der Waals surface area contributed by atoms with Crippen molar-refractivity contribution in [2.75, 3.05) is 4.90 Å². The molecular formula is C87H58N8. The van der Waals surface area contributed by atoms with Crippen LogP contribution in [0.25, 0.3) is 144 Å². The Morgan fingerprint density at radius 3 is 1.28 bits per heavy atom. The molecule has 1 aliphatic carbocycles. The topological polar surface area (TPSA) is 61.6 Å². The van der Waals surface area contributed by atoms with Gasteiger partial charge < -0.3 is 9.47 Å². The number of fused-ring (bicyclic) bond motifs is 13. The molecule has 0 amide bonds. The second-order valence-electron chi connectivity index (χ2n) is 24.9. The van der Waals surface area contributed by atoms with Gasteiger partial charge in [0.2, 0.25) is 17.8 Å². The number of rotatable bonds is 9. The van der Waals surface area contributed by atoms with E-state index in [4.69, 9.17) is 21.5 Å². The summed E-state index contributed by atoms with van der Waals surface area (Å²) in [6.07, 6.45) is 16.5. The van der Waals surface area contributed by atoms with Gasteiger partial charge >= 0.3 is 0 Å². The zero-order valence-corrected chi connectivity index (χ0v) is 51.7. The fourth-order valence-electron chi connectivity index (χ4n) is 15.0. The molecule has 12 aromatic carbocycles. The van der Waals surface area contributed by atoms with Crippen LogP contribution < -0.4 is 4.90 Å². The van der Waals surface area contributed by atoms with Crippen molar-refractivity contribution in [3.63, 3.8) is 0 Å². The molecule has 0 radical (unpaired) electrons. The maximum atomic E-state index is 5.80. The van der Waals surface area contributed by atoms with Crippen molar-refractivity contribution in [3.05, 3.63) is 345 Å². The smallest absolute Gasteiger partial charge is 0.241 e.